The van der Waals surface area contributed by atoms with Gasteiger partial charge in [-0.1, -0.05) is 17.7 Å². The quantitative estimate of drug-likeness (QED) is 0.625. The number of esters is 1. The molecule has 0 atom stereocenters. The Labute approximate surface area is 93.9 Å². The van der Waals surface area contributed by atoms with Gasteiger partial charge in [-0.05, 0) is 25.5 Å². The maximum absolute atomic E-state index is 11.3. The summed E-state index contributed by atoms with van der Waals surface area (Å²) in [6, 6.07) is 5.45. The van der Waals surface area contributed by atoms with E-state index in [1.807, 2.05) is 26.0 Å². The molecular formula is C12H14O4. The summed E-state index contributed by atoms with van der Waals surface area (Å²) in [6.07, 6.45) is -0.313. The molecule has 0 bridgehead atoms. The first-order chi connectivity index (χ1) is 7.49. The highest BCUT2D eigenvalue weighted by atomic mass is 16.5. The molecule has 86 valence electrons. The Morgan fingerprint density at radius 1 is 1.25 bits per heavy atom. The number of rotatable bonds is 4. The minimum absolute atomic E-state index is 0.108. The molecule has 0 heterocycles. The van der Waals surface area contributed by atoms with Crippen molar-refractivity contribution in [3.8, 4) is 5.75 Å². The molecule has 0 spiro atoms. The highest BCUT2D eigenvalue weighted by molar-refractivity contribution is 5.78. The normalized spacial score (nSPS) is 9.88. The van der Waals surface area contributed by atoms with E-state index in [1.54, 1.807) is 6.07 Å². The number of benzene rings is 1. The lowest BCUT2D eigenvalue weighted by Crippen LogP contribution is -2.10. The van der Waals surface area contributed by atoms with Crippen molar-refractivity contribution in [2.45, 2.75) is 26.7 Å². The topological polar surface area (TPSA) is 63.6 Å². The SMILES string of the molecule is Cc1ccc(OC(=O)CCC(=O)O)c(C)c1. The molecule has 1 aromatic rings. The Morgan fingerprint density at radius 2 is 1.94 bits per heavy atom. The van der Waals surface area contributed by atoms with E-state index in [4.69, 9.17) is 9.84 Å². The predicted molar refractivity (Wildman–Crippen MR) is 58.4 cm³/mol. The maximum Gasteiger partial charge on any atom is 0.311 e. The van der Waals surface area contributed by atoms with Gasteiger partial charge in [0.15, 0.2) is 0 Å². The first kappa shape index (κ1) is 12.2. The molecule has 1 N–H and O–H groups in total. The zero-order chi connectivity index (χ0) is 12.1. The van der Waals surface area contributed by atoms with Crippen LogP contribution in [0.25, 0.3) is 0 Å². The molecule has 16 heavy (non-hydrogen) atoms. The second kappa shape index (κ2) is 5.30. The number of hydrogen-bond donors (Lipinski definition) is 1. The van der Waals surface area contributed by atoms with Crippen molar-refractivity contribution in [2.24, 2.45) is 0 Å². The summed E-state index contributed by atoms with van der Waals surface area (Å²) in [7, 11) is 0. The van der Waals surface area contributed by atoms with Gasteiger partial charge in [-0.3, -0.25) is 9.59 Å². The highest BCUT2D eigenvalue weighted by Gasteiger charge is 2.09. The molecule has 0 radical (unpaired) electrons. The molecular weight excluding hydrogens is 208 g/mol. The number of carbonyl (C=O) groups is 2. The van der Waals surface area contributed by atoms with Crippen LogP contribution in [0.1, 0.15) is 24.0 Å². The van der Waals surface area contributed by atoms with Crippen LogP contribution in [-0.2, 0) is 9.59 Å². The van der Waals surface area contributed by atoms with Crippen LogP contribution in [0.3, 0.4) is 0 Å². The average molecular weight is 222 g/mol. The minimum atomic E-state index is -1.00. The van der Waals surface area contributed by atoms with Crippen molar-refractivity contribution < 1.29 is 19.4 Å². The number of ether oxygens (including phenoxy) is 1. The zero-order valence-corrected chi connectivity index (χ0v) is 9.32. The molecule has 0 aliphatic rings. The van der Waals surface area contributed by atoms with Crippen LogP contribution < -0.4 is 4.74 Å². The Morgan fingerprint density at radius 3 is 2.50 bits per heavy atom. The van der Waals surface area contributed by atoms with Crippen molar-refractivity contribution in [2.75, 3.05) is 0 Å². The van der Waals surface area contributed by atoms with E-state index < -0.39 is 11.9 Å². The van der Waals surface area contributed by atoms with E-state index >= 15 is 0 Å². The van der Waals surface area contributed by atoms with Gasteiger partial charge in [-0.15, -0.1) is 0 Å². The van der Waals surface area contributed by atoms with E-state index in [9.17, 15) is 9.59 Å². The number of aryl methyl sites for hydroxylation is 2. The van der Waals surface area contributed by atoms with Gasteiger partial charge >= 0.3 is 11.9 Å². The van der Waals surface area contributed by atoms with Gasteiger partial charge in [-0.2, -0.15) is 0 Å². The average Bonchev–Trinajstić information content (AvgIpc) is 2.19. The summed E-state index contributed by atoms with van der Waals surface area (Å²) < 4.78 is 5.05. The molecule has 0 unspecified atom stereocenters. The van der Waals surface area contributed by atoms with Crippen molar-refractivity contribution >= 4 is 11.9 Å². The number of aliphatic carboxylic acids is 1. The van der Waals surface area contributed by atoms with Gasteiger partial charge in [-0.25, -0.2) is 0 Å². The van der Waals surface area contributed by atoms with Crippen LogP contribution >= 0.6 is 0 Å². The van der Waals surface area contributed by atoms with Crippen LogP contribution in [0, 0.1) is 13.8 Å². The van der Waals surface area contributed by atoms with Gasteiger partial charge in [0.25, 0.3) is 0 Å². The summed E-state index contributed by atoms with van der Waals surface area (Å²) in [6.45, 7) is 3.79. The van der Waals surface area contributed by atoms with Gasteiger partial charge in [0.05, 0.1) is 12.8 Å². The van der Waals surface area contributed by atoms with Crippen LogP contribution in [0.5, 0.6) is 5.75 Å². The number of carbonyl (C=O) groups excluding carboxylic acids is 1. The summed E-state index contributed by atoms with van der Waals surface area (Å²) in [5, 5.41) is 8.41. The summed E-state index contributed by atoms with van der Waals surface area (Å²) >= 11 is 0. The standard InChI is InChI=1S/C12H14O4/c1-8-3-4-10(9(2)7-8)16-12(15)6-5-11(13)14/h3-4,7H,5-6H2,1-2H3,(H,13,14). The van der Waals surface area contributed by atoms with E-state index in [1.165, 1.54) is 0 Å². The number of carboxylic acids is 1. The molecule has 4 nitrogen and oxygen atoms in total. The van der Waals surface area contributed by atoms with E-state index in [-0.39, 0.29) is 12.8 Å². The first-order valence-corrected chi connectivity index (χ1v) is 4.99. The number of carboxylic acid groups (broad SMARTS) is 1. The fraction of sp³-hybridized carbons (Fsp3) is 0.333. The van der Waals surface area contributed by atoms with Crippen LogP contribution in [0.2, 0.25) is 0 Å². The van der Waals surface area contributed by atoms with Gasteiger partial charge in [0, 0.05) is 0 Å². The van der Waals surface area contributed by atoms with Crippen molar-refractivity contribution in [1.82, 2.24) is 0 Å². The smallest absolute Gasteiger partial charge is 0.311 e. The molecule has 0 amide bonds. The van der Waals surface area contributed by atoms with Crippen molar-refractivity contribution in [1.29, 1.82) is 0 Å². The molecule has 0 aromatic heterocycles. The molecule has 1 rings (SSSR count). The fourth-order valence-electron chi connectivity index (χ4n) is 1.30. The first-order valence-electron chi connectivity index (χ1n) is 4.99. The van der Waals surface area contributed by atoms with Gasteiger partial charge in [0.1, 0.15) is 5.75 Å². The maximum atomic E-state index is 11.3. The Balaban J connectivity index is 2.59. The lowest BCUT2D eigenvalue weighted by atomic mass is 10.1. The van der Waals surface area contributed by atoms with Crippen LogP contribution in [-0.4, -0.2) is 17.0 Å². The van der Waals surface area contributed by atoms with Crippen molar-refractivity contribution in [3.05, 3.63) is 29.3 Å². The zero-order valence-electron chi connectivity index (χ0n) is 9.32. The third-order valence-corrected chi connectivity index (χ3v) is 2.10. The Hall–Kier alpha value is -1.84. The monoisotopic (exact) mass is 222 g/mol. The predicted octanol–water partition coefficient (Wildman–Crippen LogP) is 2.07. The lowest BCUT2D eigenvalue weighted by molar-refractivity contribution is -0.142. The largest absolute Gasteiger partial charge is 0.481 e. The highest BCUT2D eigenvalue weighted by Crippen LogP contribution is 2.19. The Bertz CT molecular complexity index is 409. The molecule has 0 fully saturated rings. The van der Waals surface area contributed by atoms with E-state index in [0.717, 1.165) is 11.1 Å². The minimum Gasteiger partial charge on any atom is -0.481 e. The summed E-state index contributed by atoms with van der Waals surface area (Å²) in [5.41, 5.74) is 1.95. The molecule has 0 saturated carbocycles. The van der Waals surface area contributed by atoms with E-state index in [2.05, 4.69) is 0 Å². The van der Waals surface area contributed by atoms with Crippen LogP contribution in [0.15, 0.2) is 18.2 Å². The second-order valence-electron chi connectivity index (χ2n) is 3.64. The molecule has 0 saturated heterocycles. The summed E-state index contributed by atoms with van der Waals surface area (Å²) in [5.74, 6) is -1.03. The third-order valence-electron chi connectivity index (χ3n) is 2.10. The van der Waals surface area contributed by atoms with Crippen molar-refractivity contribution in [3.63, 3.8) is 0 Å². The van der Waals surface area contributed by atoms with Crippen LogP contribution in [0.4, 0.5) is 0 Å². The second-order valence-corrected chi connectivity index (χ2v) is 3.64. The van der Waals surface area contributed by atoms with Gasteiger partial charge in [0.2, 0.25) is 0 Å². The Kier molecular flexibility index (Phi) is 4.05. The fourth-order valence-corrected chi connectivity index (χ4v) is 1.30. The molecule has 0 aliphatic carbocycles. The summed E-state index contributed by atoms with van der Waals surface area (Å²) in [4.78, 5) is 21.5. The van der Waals surface area contributed by atoms with E-state index in [0.29, 0.717) is 5.75 Å². The third kappa shape index (κ3) is 3.73. The van der Waals surface area contributed by atoms with Gasteiger partial charge < -0.3 is 9.84 Å². The molecule has 1 aromatic carbocycles. The number of hydrogen-bond acceptors (Lipinski definition) is 3. The molecule has 4 heteroatoms. The molecule has 0 aliphatic heterocycles. The lowest BCUT2D eigenvalue weighted by Gasteiger charge is -2.07.